The zero-order valence-electron chi connectivity index (χ0n) is 33.6. The Morgan fingerprint density at radius 1 is 0.730 bits per heavy atom. The molecule has 3 amide bonds. The number of likely N-dealkylation sites (tertiary alicyclic amines) is 2. The number of thiophene rings is 1. The lowest BCUT2D eigenvalue weighted by Crippen LogP contribution is -2.42. The molecule has 0 spiro atoms. The molecule has 5 heterocycles. The summed E-state index contributed by atoms with van der Waals surface area (Å²) in [5, 5.41) is 2.72. The zero-order chi connectivity index (χ0) is 40.7. The SMILES string of the molecule is C.C.COOC=N[C@@H](C(=O)N1CCC[C@H]1c1ncc(-c2ccc(-c3ccc(-c4cnc([C@@H]5CCCN5C(=O)[C@H](NC(=O)OC)c5ccccc5)[nH]4)s3)cc2)[nH]1)c1ccccc1.S.S. The molecule has 2 aliphatic rings. The molecule has 3 N–H and O–H groups in total. The summed E-state index contributed by atoms with van der Waals surface area (Å²) in [6.07, 6.45) is 7.34. The highest BCUT2D eigenvalue weighted by Crippen LogP contribution is 2.39. The van der Waals surface area contributed by atoms with E-state index in [2.05, 4.69) is 61.6 Å². The van der Waals surface area contributed by atoms with Gasteiger partial charge in [0.05, 0.1) is 55.0 Å². The first-order valence-electron chi connectivity index (χ1n) is 19.5. The van der Waals surface area contributed by atoms with Crippen LogP contribution in [0.2, 0.25) is 0 Å². The summed E-state index contributed by atoms with van der Waals surface area (Å²) in [4.78, 5) is 76.2. The lowest BCUT2D eigenvalue weighted by Gasteiger charge is -2.28. The van der Waals surface area contributed by atoms with Crippen LogP contribution in [0, 0.1) is 0 Å². The largest absolute Gasteiger partial charge is 0.453 e. The van der Waals surface area contributed by atoms with Crippen molar-refractivity contribution in [3.8, 4) is 32.3 Å². The van der Waals surface area contributed by atoms with Crippen LogP contribution in [0.3, 0.4) is 0 Å². The number of nitrogens with zero attached hydrogens (tertiary/aromatic N) is 5. The number of aromatic amines is 2. The van der Waals surface area contributed by atoms with Crippen molar-refractivity contribution in [3.05, 3.63) is 132 Å². The number of H-pyrrole nitrogens is 2. The van der Waals surface area contributed by atoms with Crippen LogP contribution in [0.4, 0.5) is 4.79 Å². The van der Waals surface area contributed by atoms with Gasteiger partial charge in [0, 0.05) is 18.0 Å². The average Bonchev–Trinajstić information content (AvgIpc) is 4.13. The molecule has 14 nitrogen and oxygen atoms in total. The average molecular weight is 913 g/mol. The third-order valence-electron chi connectivity index (χ3n) is 10.8. The first kappa shape index (κ1) is 49.8. The van der Waals surface area contributed by atoms with Crippen LogP contribution < -0.4 is 5.32 Å². The summed E-state index contributed by atoms with van der Waals surface area (Å²) in [6.45, 7) is 1.16. The fourth-order valence-corrected chi connectivity index (χ4v) is 8.83. The second-order valence-electron chi connectivity index (χ2n) is 14.3. The van der Waals surface area contributed by atoms with Crippen molar-refractivity contribution in [2.24, 2.45) is 4.99 Å². The number of aliphatic imine (C=N–C) groups is 1. The minimum absolute atomic E-state index is 0. The number of benzene rings is 3. The van der Waals surface area contributed by atoms with Gasteiger partial charge in [0.15, 0.2) is 6.04 Å². The van der Waals surface area contributed by atoms with Crippen molar-refractivity contribution in [1.29, 1.82) is 0 Å². The van der Waals surface area contributed by atoms with E-state index in [0.29, 0.717) is 24.5 Å². The van der Waals surface area contributed by atoms with Gasteiger partial charge in [-0.3, -0.25) is 9.59 Å². The first-order chi connectivity index (χ1) is 28.9. The van der Waals surface area contributed by atoms with Crippen LogP contribution in [-0.2, 0) is 24.1 Å². The molecule has 3 aromatic heterocycles. The van der Waals surface area contributed by atoms with Crippen LogP contribution in [0.15, 0.2) is 114 Å². The molecule has 334 valence electrons. The second kappa shape index (κ2) is 23.0. The quantitative estimate of drug-likeness (QED) is 0.0446. The number of alkyl carbamates (subject to hydrolysis) is 1. The van der Waals surface area contributed by atoms with Gasteiger partial charge in [-0.2, -0.15) is 31.9 Å². The van der Waals surface area contributed by atoms with Crippen molar-refractivity contribution in [2.45, 2.75) is 64.7 Å². The van der Waals surface area contributed by atoms with Gasteiger partial charge in [-0.1, -0.05) is 99.8 Å². The Bertz CT molecular complexity index is 2410. The topological polar surface area (TPSA) is 167 Å². The summed E-state index contributed by atoms with van der Waals surface area (Å²) >= 11 is 1.65. The highest BCUT2D eigenvalue weighted by atomic mass is 32.1. The summed E-state index contributed by atoms with van der Waals surface area (Å²) < 4.78 is 4.83. The molecule has 2 aliphatic heterocycles. The predicted molar refractivity (Wildman–Crippen MR) is 257 cm³/mol. The van der Waals surface area contributed by atoms with Crippen molar-refractivity contribution in [3.63, 3.8) is 0 Å². The number of hydrogen-bond donors (Lipinski definition) is 3. The normalized spacial score (nSPS) is 16.5. The van der Waals surface area contributed by atoms with Gasteiger partial charge in [0.25, 0.3) is 11.8 Å². The van der Waals surface area contributed by atoms with Crippen LogP contribution >= 0.6 is 38.3 Å². The number of carbonyl (C=O) groups excluding carboxylic acids is 3. The molecule has 17 heteroatoms. The molecule has 6 aromatic rings. The maximum absolute atomic E-state index is 13.9. The van der Waals surface area contributed by atoms with Gasteiger partial charge in [-0.15, -0.1) is 11.3 Å². The number of rotatable bonds is 13. The summed E-state index contributed by atoms with van der Waals surface area (Å²) in [7, 11) is 2.67. The molecule has 2 saturated heterocycles. The number of nitrogens with one attached hydrogen (secondary N) is 3. The lowest BCUT2D eigenvalue weighted by molar-refractivity contribution is -0.188. The van der Waals surface area contributed by atoms with Crippen LogP contribution in [0.25, 0.3) is 32.3 Å². The molecule has 0 radical (unpaired) electrons. The number of methoxy groups -OCH3 is 1. The van der Waals surface area contributed by atoms with Gasteiger partial charge in [-0.25, -0.2) is 19.8 Å². The minimum Gasteiger partial charge on any atom is -0.453 e. The van der Waals surface area contributed by atoms with Gasteiger partial charge in [-0.05, 0) is 60.1 Å². The summed E-state index contributed by atoms with van der Waals surface area (Å²) in [5.74, 6) is 1.11. The minimum atomic E-state index is -0.879. The number of carbonyl (C=O) groups is 3. The first-order valence-corrected chi connectivity index (χ1v) is 20.3. The van der Waals surface area contributed by atoms with Gasteiger partial charge in [0.2, 0.25) is 6.40 Å². The lowest BCUT2D eigenvalue weighted by atomic mass is 10.1. The van der Waals surface area contributed by atoms with Gasteiger partial charge in [0.1, 0.15) is 17.7 Å². The van der Waals surface area contributed by atoms with Crippen molar-refractivity contribution >= 4 is 62.6 Å². The number of aromatic nitrogens is 4. The van der Waals surface area contributed by atoms with E-state index in [1.54, 1.807) is 16.2 Å². The molecule has 8 rings (SSSR count). The molecule has 3 aromatic carbocycles. The van der Waals surface area contributed by atoms with E-state index in [1.165, 1.54) is 14.2 Å². The number of hydrogen-bond acceptors (Lipinski definition) is 10. The van der Waals surface area contributed by atoms with Crippen LogP contribution in [0.5, 0.6) is 0 Å². The van der Waals surface area contributed by atoms with Crippen molar-refractivity contribution in [2.75, 3.05) is 27.3 Å². The number of amides is 3. The van der Waals surface area contributed by atoms with E-state index in [1.807, 2.05) is 78.0 Å². The van der Waals surface area contributed by atoms with E-state index in [9.17, 15) is 14.4 Å². The molecular formula is C46H56N8O6S3. The van der Waals surface area contributed by atoms with E-state index in [4.69, 9.17) is 19.6 Å². The highest BCUT2D eigenvalue weighted by Gasteiger charge is 2.38. The van der Waals surface area contributed by atoms with Crippen molar-refractivity contribution in [1.82, 2.24) is 35.1 Å². The Hall–Kier alpha value is -5.88. The number of imidazole rings is 2. The third kappa shape index (κ3) is 11.0. The summed E-state index contributed by atoms with van der Waals surface area (Å²) in [6, 6.07) is 29.0. The molecule has 0 bridgehead atoms. The second-order valence-corrected chi connectivity index (χ2v) is 15.4. The van der Waals surface area contributed by atoms with Gasteiger partial charge < -0.3 is 34.7 Å². The Morgan fingerprint density at radius 3 is 1.87 bits per heavy atom. The Balaban J connectivity index is 0.00000218. The molecule has 63 heavy (non-hydrogen) atoms. The molecule has 0 saturated carbocycles. The van der Waals surface area contributed by atoms with Crippen molar-refractivity contribution < 1.29 is 28.9 Å². The van der Waals surface area contributed by atoms with E-state index in [0.717, 1.165) is 75.7 Å². The maximum atomic E-state index is 13.9. The zero-order valence-corrected chi connectivity index (χ0v) is 36.4. The Morgan fingerprint density at radius 2 is 1.27 bits per heavy atom. The van der Waals surface area contributed by atoms with Gasteiger partial charge >= 0.3 is 6.09 Å². The molecule has 0 aliphatic carbocycles. The van der Waals surface area contributed by atoms with E-state index in [-0.39, 0.29) is 65.7 Å². The molecule has 4 atom stereocenters. The Labute approximate surface area is 386 Å². The smallest absolute Gasteiger partial charge is 0.407 e. The van der Waals surface area contributed by atoms with Crippen LogP contribution in [-0.4, -0.2) is 81.4 Å². The standard InChI is InChI=1S/C44H44N8O6S.2CH4.2H2S/c1-56-44(55)50-39(31-13-7-4-8-14-31)43(54)52-24-10-16-35(52)41-46-26-33(49-41)37-22-21-36(59-37)29-19-17-28(18-20-29)32-25-45-40(48-32)34-15-9-23-51(34)42(53)38(47-27-58-57-2)30-11-5-3-6-12-30;;;;/h3-8,11-14,17-22,25-27,34-35,38-39H,9-10,15-16,23-24H2,1-2H3,(H,45,48)(H,46,49)(H,50,55);2*1H4;2*1H2/t34-,35-,38+,39+;;;;/m0..../s1. The fourth-order valence-electron chi connectivity index (χ4n) is 7.85. The maximum Gasteiger partial charge on any atom is 0.407 e. The van der Waals surface area contributed by atoms with E-state index >= 15 is 0 Å². The molecular weight excluding hydrogens is 857 g/mol. The monoisotopic (exact) mass is 912 g/mol. The third-order valence-corrected chi connectivity index (χ3v) is 11.9. The Kier molecular flexibility index (Phi) is 18.2. The summed E-state index contributed by atoms with van der Waals surface area (Å²) in [5.41, 5.74) is 5.23. The van der Waals surface area contributed by atoms with Crippen LogP contribution in [0.1, 0.15) is 87.5 Å². The fraction of sp³-hybridized carbons (Fsp3) is 0.304. The molecule has 2 fully saturated rings. The van der Waals surface area contributed by atoms with E-state index < -0.39 is 18.2 Å². The molecule has 0 unspecified atom stereocenters. The predicted octanol–water partition coefficient (Wildman–Crippen LogP) is 9.46. The number of ether oxygens (including phenoxy) is 1. The highest BCUT2D eigenvalue weighted by molar-refractivity contribution is 7.59.